The third kappa shape index (κ3) is 2.33. The summed E-state index contributed by atoms with van der Waals surface area (Å²) >= 11 is 0. The molecule has 0 bridgehead atoms. The monoisotopic (exact) mass is 278 g/mol. The normalized spacial score (nSPS) is 22.6. The lowest BCUT2D eigenvalue weighted by atomic mass is 9.87. The van der Waals surface area contributed by atoms with E-state index < -0.39 is 16.4 Å². The zero-order valence-electron chi connectivity index (χ0n) is 11.6. The number of carboxylic acid groups (broad SMARTS) is 1. The van der Waals surface area contributed by atoms with Crippen molar-refractivity contribution in [3.8, 4) is 0 Å². The van der Waals surface area contributed by atoms with Crippen LogP contribution in [0, 0.1) is 17.0 Å². The van der Waals surface area contributed by atoms with Crippen molar-refractivity contribution in [1.29, 1.82) is 0 Å². The number of aliphatic carboxylic acids is 1. The van der Waals surface area contributed by atoms with E-state index in [0.29, 0.717) is 18.7 Å². The Bertz CT molecular complexity index is 558. The number of nitro benzene ring substituents is 1. The maximum atomic E-state index is 11.6. The Hall–Kier alpha value is -2.11. The minimum Gasteiger partial charge on any atom is -0.480 e. The molecular weight excluding hydrogens is 260 g/mol. The summed E-state index contributed by atoms with van der Waals surface area (Å²) in [6, 6.07) is 4.82. The second-order valence-electron chi connectivity index (χ2n) is 5.44. The van der Waals surface area contributed by atoms with E-state index in [1.165, 1.54) is 6.07 Å². The van der Waals surface area contributed by atoms with Crippen LogP contribution in [-0.2, 0) is 4.79 Å². The SMILES string of the molecule is Cc1ccc([N+](=O)[O-])c(N2CCCCC2(C)C(=O)O)c1. The van der Waals surface area contributed by atoms with Crippen molar-refractivity contribution in [3.05, 3.63) is 33.9 Å². The van der Waals surface area contributed by atoms with Gasteiger partial charge in [0.25, 0.3) is 5.69 Å². The Labute approximate surface area is 117 Å². The number of rotatable bonds is 3. The molecule has 1 unspecified atom stereocenters. The van der Waals surface area contributed by atoms with Crippen molar-refractivity contribution in [1.82, 2.24) is 0 Å². The smallest absolute Gasteiger partial charge is 0.329 e. The molecule has 1 aliphatic rings. The summed E-state index contributed by atoms with van der Waals surface area (Å²) in [5, 5.41) is 20.7. The number of carboxylic acids is 1. The average molecular weight is 278 g/mol. The number of nitrogens with zero attached hydrogens (tertiary/aromatic N) is 2. The number of aryl methyl sites for hydroxylation is 1. The summed E-state index contributed by atoms with van der Waals surface area (Å²) < 4.78 is 0. The van der Waals surface area contributed by atoms with Crippen molar-refractivity contribution in [2.45, 2.75) is 38.6 Å². The predicted octanol–water partition coefficient (Wildman–Crippen LogP) is 2.74. The molecule has 1 aromatic carbocycles. The molecule has 0 saturated carbocycles. The molecule has 1 aromatic rings. The van der Waals surface area contributed by atoms with Gasteiger partial charge in [-0.3, -0.25) is 10.1 Å². The van der Waals surface area contributed by atoms with E-state index in [9.17, 15) is 20.0 Å². The van der Waals surface area contributed by atoms with Crippen molar-refractivity contribution < 1.29 is 14.8 Å². The molecule has 20 heavy (non-hydrogen) atoms. The number of anilines is 1. The average Bonchev–Trinajstić information content (AvgIpc) is 2.38. The zero-order chi connectivity index (χ0) is 14.9. The minimum atomic E-state index is -1.09. The molecule has 6 heteroatoms. The van der Waals surface area contributed by atoms with Crippen molar-refractivity contribution in [2.75, 3.05) is 11.4 Å². The molecule has 1 atom stereocenters. The van der Waals surface area contributed by atoms with Gasteiger partial charge in [0.2, 0.25) is 0 Å². The first-order valence-electron chi connectivity index (χ1n) is 6.62. The largest absolute Gasteiger partial charge is 0.480 e. The number of piperidine rings is 1. The van der Waals surface area contributed by atoms with E-state index in [4.69, 9.17) is 0 Å². The molecule has 1 heterocycles. The third-order valence-corrected chi connectivity index (χ3v) is 3.97. The Balaban J connectivity index is 2.55. The zero-order valence-corrected chi connectivity index (χ0v) is 11.6. The van der Waals surface area contributed by atoms with Crippen LogP contribution in [0.1, 0.15) is 31.7 Å². The molecule has 108 valence electrons. The fraction of sp³-hybridized carbons (Fsp3) is 0.500. The highest BCUT2D eigenvalue weighted by Gasteiger charge is 2.43. The van der Waals surface area contributed by atoms with Crippen LogP contribution >= 0.6 is 0 Å². The molecule has 1 aliphatic heterocycles. The summed E-state index contributed by atoms with van der Waals surface area (Å²) in [5.41, 5.74) is 0.157. The van der Waals surface area contributed by atoms with Gasteiger partial charge in [0.05, 0.1) is 4.92 Å². The van der Waals surface area contributed by atoms with E-state index in [-0.39, 0.29) is 5.69 Å². The lowest BCUT2D eigenvalue weighted by molar-refractivity contribution is -0.384. The Morgan fingerprint density at radius 2 is 2.15 bits per heavy atom. The fourth-order valence-corrected chi connectivity index (χ4v) is 2.73. The molecule has 6 nitrogen and oxygen atoms in total. The molecule has 0 amide bonds. The molecule has 0 radical (unpaired) electrons. The number of hydrogen-bond acceptors (Lipinski definition) is 4. The van der Waals surface area contributed by atoms with Gasteiger partial charge in [0, 0.05) is 12.6 Å². The highest BCUT2D eigenvalue weighted by atomic mass is 16.6. The molecule has 0 aliphatic carbocycles. The van der Waals surface area contributed by atoms with Gasteiger partial charge in [-0.1, -0.05) is 6.07 Å². The second-order valence-corrected chi connectivity index (χ2v) is 5.44. The van der Waals surface area contributed by atoms with Gasteiger partial charge >= 0.3 is 5.97 Å². The van der Waals surface area contributed by atoms with Gasteiger partial charge in [0.1, 0.15) is 11.2 Å². The molecule has 1 N–H and O–H groups in total. The van der Waals surface area contributed by atoms with E-state index in [1.54, 1.807) is 24.0 Å². The number of hydrogen-bond donors (Lipinski definition) is 1. The van der Waals surface area contributed by atoms with Gasteiger partial charge < -0.3 is 10.0 Å². The van der Waals surface area contributed by atoms with Crippen LogP contribution in [0.25, 0.3) is 0 Å². The van der Waals surface area contributed by atoms with Crippen molar-refractivity contribution in [2.24, 2.45) is 0 Å². The van der Waals surface area contributed by atoms with Gasteiger partial charge in [-0.2, -0.15) is 0 Å². The lowest BCUT2D eigenvalue weighted by Gasteiger charge is -2.43. The lowest BCUT2D eigenvalue weighted by Crippen LogP contribution is -2.55. The topological polar surface area (TPSA) is 83.7 Å². The highest BCUT2D eigenvalue weighted by Crippen LogP contribution is 2.38. The number of carbonyl (C=O) groups is 1. The van der Waals surface area contributed by atoms with Crippen LogP contribution in [0.4, 0.5) is 11.4 Å². The van der Waals surface area contributed by atoms with Crippen LogP contribution in [0.15, 0.2) is 18.2 Å². The van der Waals surface area contributed by atoms with Crippen LogP contribution < -0.4 is 4.90 Å². The van der Waals surface area contributed by atoms with Gasteiger partial charge in [-0.15, -0.1) is 0 Å². The van der Waals surface area contributed by atoms with Crippen LogP contribution in [0.5, 0.6) is 0 Å². The Morgan fingerprint density at radius 1 is 1.45 bits per heavy atom. The summed E-state index contributed by atoms with van der Waals surface area (Å²) in [6.07, 6.45) is 2.15. The molecular formula is C14H18N2O4. The van der Waals surface area contributed by atoms with E-state index in [0.717, 1.165) is 18.4 Å². The third-order valence-electron chi connectivity index (χ3n) is 3.97. The predicted molar refractivity (Wildman–Crippen MR) is 75.1 cm³/mol. The number of nitro groups is 1. The summed E-state index contributed by atoms with van der Waals surface area (Å²) in [7, 11) is 0. The first kappa shape index (κ1) is 14.3. The van der Waals surface area contributed by atoms with Crippen molar-refractivity contribution >= 4 is 17.3 Å². The van der Waals surface area contributed by atoms with Gasteiger partial charge in [0.15, 0.2) is 0 Å². The Kier molecular flexibility index (Phi) is 3.65. The van der Waals surface area contributed by atoms with Gasteiger partial charge in [-0.05, 0) is 44.7 Å². The summed E-state index contributed by atoms with van der Waals surface area (Å²) in [4.78, 5) is 24.0. The van der Waals surface area contributed by atoms with Gasteiger partial charge in [-0.25, -0.2) is 4.79 Å². The summed E-state index contributed by atoms with van der Waals surface area (Å²) in [6.45, 7) is 4.00. The maximum Gasteiger partial charge on any atom is 0.329 e. The molecule has 2 rings (SSSR count). The Morgan fingerprint density at radius 3 is 2.75 bits per heavy atom. The summed E-state index contributed by atoms with van der Waals surface area (Å²) in [5.74, 6) is -0.937. The highest BCUT2D eigenvalue weighted by molar-refractivity contribution is 5.85. The van der Waals surface area contributed by atoms with E-state index in [2.05, 4.69) is 0 Å². The fourth-order valence-electron chi connectivity index (χ4n) is 2.73. The first-order chi connectivity index (χ1) is 9.36. The van der Waals surface area contributed by atoms with Crippen LogP contribution in [-0.4, -0.2) is 28.1 Å². The number of benzene rings is 1. The van der Waals surface area contributed by atoms with Crippen LogP contribution in [0.2, 0.25) is 0 Å². The van der Waals surface area contributed by atoms with Crippen LogP contribution in [0.3, 0.4) is 0 Å². The van der Waals surface area contributed by atoms with Crippen molar-refractivity contribution in [3.63, 3.8) is 0 Å². The van der Waals surface area contributed by atoms with E-state index >= 15 is 0 Å². The quantitative estimate of drug-likeness (QED) is 0.679. The van der Waals surface area contributed by atoms with E-state index in [1.807, 2.05) is 6.92 Å². The maximum absolute atomic E-state index is 11.6. The molecule has 1 saturated heterocycles. The molecule has 0 spiro atoms. The second kappa shape index (κ2) is 5.11. The molecule has 0 aromatic heterocycles. The minimum absolute atomic E-state index is 0.0371. The first-order valence-corrected chi connectivity index (χ1v) is 6.62. The molecule has 1 fully saturated rings. The standard InChI is InChI=1S/C14H18N2O4/c1-10-5-6-11(16(19)20)12(9-10)15-8-4-3-7-14(15,2)13(17)18/h5-6,9H,3-4,7-8H2,1-2H3,(H,17,18).